The van der Waals surface area contributed by atoms with Gasteiger partial charge in [0.2, 0.25) is 0 Å². The van der Waals surface area contributed by atoms with Crippen LogP contribution in [-0.4, -0.2) is 30.2 Å². The third-order valence-electron chi connectivity index (χ3n) is 2.59. The van der Waals surface area contributed by atoms with Crippen molar-refractivity contribution in [2.24, 2.45) is 10.7 Å². The van der Waals surface area contributed by atoms with Gasteiger partial charge in [0.25, 0.3) is 0 Å². The van der Waals surface area contributed by atoms with E-state index in [-0.39, 0.29) is 30.1 Å². The lowest BCUT2D eigenvalue weighted by Crippen LogP contribution is -2.37. The van der Waals surface area contributed by atoms with Crippen LogP contribution in [0.15, 0.2) is 11.2 Å². The fourth-order valence-electron chi connectivity index (χ4n) is 1.71. The predicted molar refractivity (Wildman–Crippen MR) is 84.6 cm³/mol. The third kappa shape index (κ3) is 5.07. The van der Waals surface area contributed by atoms with E-state index in [1.807, 2.05) is 13.1 Å². The summed E-state index contributed by atoms with van der Waals surface area (Å²) < 4.78 is 5.49. The van der Waals surface area contributed by atoms with Gasteiger partial charge in [0.15, 0.2) is 5.96 Å². The number of nitrogens with one attached hydrogen (secondary N) is 1. The maximum absolute atomic E-state index is 5.77. The van der Waals surface area contributed by atoms with Crippen molar-refractivity contribution in [2.45, 2.75) is 32.4 Å². The summed E-state index contributed by atoms with van der Waals surface area (Å²) in [5, 5.41) is 4.07. The molecule has 1 aromatic heterocycles. The Bertz CT molecular complexity index is 390. The molecule has 5 nitrogen and oxygen atoms in total. The van der Waals surface area contributed by atoms with E-state index < -0.39 is 0 Å². The maximum atomic E-state index is 5.77. The minimum Gasteiger partial charge on any atom is -0.376 e. The minimum absolute atomic E-state index is 0. The maximum Gasteiger partial charge on any atom is 0.189 e. The second-order valence-electron chi connectivity index (χ2n) is 4.08. The van der Waals surface area contributed by atoms with Gasteiger partial charge in [-0.25, -0.2) is 9.98 Å². The number of aromatic nitrogens is 1. The number of ether oxygens (including phenoxy) is 1. The molecule has 1 atom stereocenters. The molecule has 0 spiro atoms. The van der Waals surface area contributed by atoms with Gasteiger partial charge >= 0.3 is 0 Å². The Labute approximate surface area is 128 Å². The first-order chi connectivity index (χ1) is 8.24. The van der Waals surface area contributed by atoms with Crippen LogP contribution in [0, 0.1) is 6.92 Å². The summed E-state index contributed by atoms with van der Waals surface area (Å²) in [6.45, 7) is 4.18. The number of aryl methyl sites for hydroxylation is 1. The average Bonchev–Trinajstić information content (AvgIpc) is 2.95. The largest absolute Gasteiger partial charge is 0.376 e. The molecule has 0 aliphatic carbocycles. The van der Waals surface area contributed by atoms with Crippen LogP contribution in [0.3, 0.4) is 0 Å². The average molecular weight is 382 g/mol. The zero-order chi connectivity index (χ0) is 12.1. The Hall–Kier alpha value is -0.410. The fourth-order valence-corrected chi connectivity index (χ4v) is 2.42. The first-order valence-electron chi connectivity index (χ1n) is 5.81. The van der Waals surface area contributed by atoms with Crippen LogP contribution in [-0.2, 0) is 11.3 Å². The monoisotopic (exact) mass is 382 g/mol. The zero-order valence-electron chi connectivity index (χ0n) is 10.4. The van der Waals surface area contributed by atoms with Crippen LogP contribution in [0.2, 0.25) is 0 Å². The topological polar surface area (TPSA) is 72.5 Å². The Morgan fingerprint density at radius 1 is 1.72 bits per heavy atom. The zero-order valence-corrected chi connectivity index (χ0v) is 13.5. The van der Waals surface area contributed by atoms with Gasteiger partial charge in [-0.1, -0.05) is 0 Å². The smallest absolute Gasteiger partial charge is 0.189 e. The molecule has 0 radical (unpaired) electrons. The third-order valence-corrected chi connectivity index (χ3v) is 3.49. The fraction of sp³-hybridized carbons (Fsp3) is 0.636. The van der Waals surface area contributed by atoms with Crippen molar-refractivity contribution in [3.05, 3.63) is 16.1 Å². The number of halogens is 1. The van der Waals surface area contributed by atoms with E-state index in [4.69, 9.17) is 10.5 Å². The molecule has 7 heteroatoms. The molecule has 1 aliphatic rings. The Morgan fingerprint density at radius 3 is 3.17 bits per heavy atom. The van der Waals surface area contributed by atoms with E-state index in [2.05, 4.69) is 15.3 Å². The van der Waals surface area contributed by atoms with Crippen LogP contribution in [0.5, 0.6) is 0 Å². The van der Waals surface area contributed by atoms with Crippen LogP contribution in [0.1, 0.15) is 22.7 Å². The lowest BCUT2D eigenvalue weighted by atomic mass is 10.2. The van der Waals surface area contributed by atoms with E-state index in [0.717, 1.165) is 31.0 Å². The lowest BCUT2D eigenvalue weighted by Gasteiger charge is -2.10. The van der Waals surface area contributed by atoms with Gasteiger partial charge in [0.1, 0.15) is 5.01 Å². The molecule has 0 amide bonds. The molecule has 0 aromatic carbocycles. The second-order valence-corrected chi connectivity index (χ2v) is 5.40. The normalized spacial score (nSPS) is 19.6. The van der Waals surface area contributed by atoms with Crippen molar-refractivity contribution in [3.8, 4) is 0 Å². The number of rotatable bonds is 4. The number of aliphatic imine (C=N–C) groups is 1. The first-order valence-corrected chi connectivity index (χ1v) is 6.62. The number of thiazole rings is 1. The van der Waals surface area contributed by atoms with Crippen LogP contribution in [0.25, 0.3) is 0 Å². The first kappa shape index (κ1) is 15.6. The summed E-state index contributed by atoms with van der Waals surface area (Å²) >= 11 is 1.65. The standard InChI is InChI=1S/C11H18N4OS.HI/c1-8-5-13-10(17-8)7-15-11(12)14-6-9-3-2-4-16-9;/h5,9H,2-4,6-7H2,1H3,(H3,12,14,15);1H. The minimum atomic E-state index is 0. The molecule has 1 aliphatic heterocycles. The van der Waals surface area contributed by atoms with Crippen molar-refractivity contribution in [1.29, 1.82) is 0 Å². The van der Waals surface area contributed by atoms with E-state index in [1.54, 1.807) is 11.3 Å². The van der Waals surface area contributed by atoms with Gasteiger partial charge in [-0.05, 0) is 19.8 Å². The highest BCUT2D eigenvalue weighted by Crippen LogP contribution is 2.12. The van der Waals surface area contributed by atoms with Crippen molar-refractivity contribution >= 4 is 41.3 Å². The predicted octanol–water partition coefficient (Wildman–Crippen LogP) is 1.65. The molecular weight excluding hydrogens is 363 g/mol. The molecule has 1 unspecified atom stereocenters. The lowest BCUT2D eigenvalue weighted by molar-refractivity contribution is 0.114. The summed E-state index contributed by atoms with van der Waals surface area (Å²) in [5.41, 5.74) is 5.77. The molecular formula is C11H19IN4OS. The number of nitrogens with zero attached hydrogens (tertiary/aromatic N) is 2. The number of nitrogens with two attached hydrogens (primary N) is 1. The summed E-state index contributed by atoms with van der Waals surface area (Å²) in [5.74, 6) is 0.466. The Balaban J connectivity index is 0.00000162. The highest BCUT2D eigenvalue weighted by atomic mass is 127. The van der Waals surface area contributed by atoms with E-state index in [0.29, 0.717) is 12.5 Å². The molecule has 2 rings (SSSR count). The highest BCUT2D eigenvalue weighted by molar-refractivity contribution is 14.0. The van der Waals surface area contributed by atoms with E-state index >= 15 is 0 Å². The quantitative estimate of drug-likeness (QED) is 0.472. The molecule has 0 bridgehead atoms. The van der Waals surface area contributed by atoms with Crippen molar-refractivity contribution in [3.63, 3.8) is 0 Å². The van der Waals surface area contributed by atoms with E-state index in [1.165, 1.54) is 4.88 Å². The summed E-state index contributed by atoms with van der Waals surface area (Å²) in [6, 6.07) is 0. The summed E-state index contributed by atoms with van der Waals surface area (Å²) in [7, 11) is 0. The van der Waals surface area contributed by atoms with Gasteiger partial charge < -0.3 is 15.8 Å². The summed E-state index contributed by atoms with van der Waals surface area (Å²) in [4.78, 5) is 9.67. The van der Waals surface area contributed by atoms with Crippen molar-refractivity contribution in [2.75, 3.05) is 13.2 Å². The molecule has 1 saturated heterocycles. The van der Waals surface area contributed by atoms with Crippen molar-refractivity contribution in [1.82, 2.24) is 10.3 Å². The SMILES string of the molecule is Cc1cnc(CN=C(N)NCC2CCCO2)s1.I. The molecule has 1 aromatic rings. The molecule has 18 heavy (non-hydrogen) atoms. The van der Waals surface area contributed by atoms with Crippen LogP contribution < -0.4 is 11.1 Å². The highest BCUT2D eigenvalue weighted by Gasteiger charge is 2.14. The molecule has 0 saturated carbocycles. The van der Waals surface area contributed by atoms with Crippen molar-refractivity contribution < 1.29 is 4.74 Å². The second kappa shape index (κ2) is 7.90. The van der Waals surface area contributed by atoms with Gasteiger partial charge in [-0.2, -0.15) is 0 Å². The molecule has 2 heterocycles. The molecule has 3 N–H and O–H groups in total. The number of hydrogen-bond acceptors (Lipinski definition) is 4. The number of hydrogen-bond donors (Lipinski definition) is 2. The van der Waals surface area contributed by atoms with Gasteiger partial charge in [0, 0.05) is 24.2 Å². The van der Waals surface area contributed by atoms with E-state index in [9.17, 15) is 0 Å². The number of guanidine groups is 1. The molecule has 102 valence electrons. The van der Waals surface area contributed by atoms with Gasteiger partial charge in [-0.15, -0.1) is 35.3 Å². The van der Waals surface area contributed by atoms with Crippen LogP contribution >= 0.6 is 35.3 Å². The van der Waals surface area contributed by atoms with Gasteiger partial charge in [0.05, 0.1) is 12.6 Å². The molecule has 1 fully saturated rings. The Morgan fingerprint density at radius 2 is 2.56 bits per heavy atom. The Kier molecular flexibility index (Phi) is 6.87. The van der Waals surface area contributed by atoms with Gasteiger partial charge in [-0.3, -0.25) is 0 Å². The van der Waals surface area contributed by atoms with Crippen LogP contribution in [0.4, 0.5) is 0 Å². The summed E-state index contributed by atoms with van der Waals surface area (Å²) in [6.07, 6.45) is 4.38.